The van der Waals surface area contributed by atoms with Crippen molar-refractivity contribution in [1.82, 2.24) is 0 Å². The van der Waals surface area contributed by atoms with E-state index in [0.29, 0.717) is 0 Å². The van der Waals surface area contributed by atoms with E-state index >= 15 is 0 Å². The Morgan fingerprint density at radius 3 is 1.26 bits per heavy atom. The second kappa shape index (κ2) is 16.0. The first-order valence-electron chi connectivity index (χ1n) is 8.36. The lowest BCUT2D eigenvalue weighted by Gasteiger charge is -2.23. The molecule has 0 aliphatic carbocycles. The third-order valence-corrected chi connectivity index (χ3v) is 3.18. The molecule has 0 aromatic heterocycles. The standard InChI is InChI=1S/C15H34N.C2H5O/c1-5-6-7-8-9-10-11-12-13-14-15-16(2,3)4;1-2-3/h5-15H2,1-4H3;2H2,1H3/q+1;-1. The van der Waals surface area contributed by atoms with Crippen LogP contribution in [0.2, 0.25) is 0 Å². The van der Waals surface area contributed by atoms with Crippen LogP contribution >= 0.6 is 0 Å². The minimum Gasteiger partial charge on any atom is -0.855 e. The van der Waals surface area contributed by atoms with Gasteiger partial charge in [-0.2, -0.15) is 0 Å². The van der Waals surface area contributed by atoms with E-state index in [9.17, 15) is 0 Å². The number of unbranched alkanes of at least 4 members (excludes halogenated alkanes) is 9. The van der Waals surface area contributed by atoms with Crippen molar-refractivity contribution >= 4 is 0 Å². The number of rotatable bonds is 11. The van der Waals surface area contributed by atoms with Crippen molar-refractivity contribution in [2.75, 3.05) is 34.3 Å². The number of quaternary nitrogens is 1. The van der Waals surface area contributed by atoms with Crippen LogP contribution in [-0.2, 0) is 0 Å². The maximum absolute atomic E-state index is 8.93. The van der Waals surface area contributed by atoms with Crippen LogP contribution in [-0.4, -0.2) is 38.8 Å². The summed E-state index contributed by atoms with van der Waals surface area (Å²) in [6.07, 6.45) is 14.4. The maximum Gasteiger partial charge on any atom is 0.0780 e. The molecule has 0 radical (unpaired) electrons. The molecule has 0 aromatic rings. The number of hydrogen-bond donors (Lipinski definition) is 0. The molecule has 0 aromatic carbocycles. The molecule has 0 fully saturated rings. The third kappa shape index (κ3) is 27.2. The van der Waals surface area contributed by atoms with E-state index in [4.69, 9.17) is 5.11 Å². The predicted molar refractivity (Wildman–Crippen MR) is 85.3 cm³/mol. The summed E-state index contributed by atoms with van der Waals surface area (Å²) in [6.45, 7) is 5.18. The van der Waals surface area contributed by atoms with E-state index in [1.54, 1.807) is 6.92 Å². The average Bonchev–Trinajstić information content (AvgIpc) is 2.31. The van der Waals surface area contributed by atoms with E-state index in [1.165, 1.54) is 70.8 Å². The van der Waals surface area contributed by atoms with Crippen LogP contribution in [0.25, 0.3) is 0 Å². The number of nitrogens with zero attached hydrogens (tertiary/aromatic N) is 1. The molecule has 118 valence electrons. The topological polar surface area (TPSA) is 23.1 Å². The summed E-state index contributed by atoms with van der Waals surface area (Å²) in [7, 11) is 6.86. The van der Waals surface area contributed by atoms with Gasteiger partial charge in [0.1, 0.15) is 0 Å². The largest absolute Gasteiger partial charge is 0.855 e. The Morgan fingerprint density at radius 1 is 0.632 bits per heavy atom. The molecule has 0 atom stereocenters. The first-order valence-corrected chi connectivity index (χ1v) is 8.36. The van der Waals surface area contributed by atoms with Crippen molar-refractivity contribution in [1.29, 1.82) is 0 Å². The molecule has 0 bridgehead atoms. The maximum atomic E-state index is 8.93. The van der Waals surface area contributed by atoms with E-state index in [1.807, 2.05) is 0 Å². The monoisotopic (exact) mass is 273 g/mol. The highest BCUT2D eigenvalue weighted by atomic mass is 16.2. The minimum absolute atomic E-state index is 0. The second-order valence-corrected chi connectivity index (χ2v) is 6.48. The average molecular weight is 274 g/mol. The molecule has 0 N–H and O–H groups in total. The first-order chi connectivity index (χ1) is 8.97. The van der Waals surface area contributed by atoms with Crippen LogP contribution in [0, 0.1) is 0 Å². The van der Waals surface area contributed by atoms with E-state index in [-0.39, 0.29) is 6.61 Å². The molecule has 2 nitrogen and oxygen atoms in total. The minimum atomic E-state index is 0. The van der Waals surface area contributed by atoms with Gasteiger partial charge in [-0.15, -0.1) is 6.61 Å². The Labute approximate surface area is 122 Å². The summed E-state index contributed by atoms with van der Waals surface area (Å²) in [5, 5.41) is 8.93. The summed E-state index contributed by atoms with van der Waals surface area (Å²) < 4.78 is 1.12. The van der Waals surface area contributed by atoms with Gasteiger partial charge in [0.15, 0.2) is 0 Å². The van der Waals surface area contributed by atoms with Crippen LogP contribution in [0.5, 0.6) is 0 Å². The van der Waals surface area contributed by atoms with Gasteiger partial charge >= 0.3 is 0 Å². The van der Waals surface area contributed by atoms with Gasteiger partial charge in [-0.25, -0.2) is 0 Å². The van der Waals surface area contributed by atoms with Crippen molar-refractivity contribution in [2.45, 2.75) is 78.1 Å². The molecule has 0 spiro atoms. The third-order valence-electron chi connectivity index (χ3n) is 3.18. The number of hydrogen-bond acceptors (Lipinski definition) is 1. The highest BCUT2D eigenvalue weighted by molar-refractivity contribution is 4.47. The molecular weight excluding hydrogens is 234 g/mol. The van der Waals surface area contributed by atoms with Gasteiger partial charge in [0.25, 0.3) is 0 Å². The fourth-order valence-electron chi connectivity index (χ4n) is 2.07. The zero-order valence-corrected chi connectivity index (χ0v) is 14.3. The first kappa shape index (κ1) is 21.2. The fraction of sp³-hybridized carbons (Fsp3) is 1.00. The SMILES string of the molecule is CCCCCCCCCCCC[N+](C)(C)C.CC[O-]. The van der Waals surface area contributed by atoms with Crippen molar-refractivity contribution in [3.05, 3.63) is 0 Å². The quantitative estimate of drug-likeness (QED) is 0.412. The van der Waals surface area contributed by atoms with Gasteiger partial charge in [0.2, 0.25) is 0 Å². The molecule has 2 heteroatoms. The second-order valence-electron chi connectivity index (χ2n) is 6.48. The normalized spacial score (nSPS) is 11.1. The smallest absolute Gasteiger partial charge is 0.0780 e. The molecule has 0 rings (SSSR count). The van der Waals surface area contributed by atoms with Gasteiger partial charge < -0.3 is 9.59 Å². The molecule has 0 saturated carbocycles. The van der Waals surface area contributed by atoms with Gasteiger partial charge in [0.05, 0.1) is 27.7 Å². The molecule has 0 saturated heterocycles. The van der Waals surface area contributed by atoms with Crippen molar-refractivity contribution in [3.8, 4) is 0 Å². The van der Waals surface area contributed by atoms with Crippen molar-refractivity contribution in [3.63, 3.8) is 0 Å². The molecule has 19 heavy (non-hydrogen) atoms. The van der Waals surface area contributed by atoms with Crippen LogP contribution in [0.4, 0.5) is 0 Å². The Balaban J connectivity index is 0. The van der Waals surface area contributed by atoms with Gasteiger partial charge in [-0.3, -0.25) is 0 Å². The molecular formula is C17H39NO. The fourth-order valence-corrected chi connectivity index (χ4v) is 2.07. The lowest BCUT2D eigenvalue weighted by molar-refractivity contribution is -0.870. The summed E-state index contributed by atoms with van der Waals surface area (Å²) in [5.41, 5.74) is 0. The zero-order valence-electron chi connectivity index (χ0n) is 14.3. The van der Waals surface area contributed by atoms with Gasteiger partial charge in [-0.1, -0.05) is 65.2 Å². The van der Waals surface area contributed by atoms with E-state index in [0.717, 1.165) is 4.48 Å². The highest BCUT2D eigenvalue weighted by Crippen LogP contribution is 2.10. The van der Waals surface area contributed by atoms with E-state index < -0.39 is 0 Å². The lowest BCUT2D eigenvalue weighted by Crippen LogP contribution is -2.35. The lowest BCUT2D eigenvalue weighted by atomic mass is 10.1. The van der Waals surface area contributed by atoms with Gasteiger partial charge in [0, 0.05) is 0 Å². The predicted octanol–water partition coefficient (Wildman–Crippen LogP) is 3.98. The Morgan fingerprint density at radius 2 is 0.947 bits per heavy atom. The molecule has 0 heterocycles. The van der Waals surface area contributed by atoms with Crippen molar-refractivity contribution < 1.29 is 9.59 Å². The summed E-state index contributed by atoms with van der Waals surface area (Å²) in [5.74, 6) is 0. The molecule has 0 amide bonds. The Bertz CT molecular complexity index is 152. The Kier molecular flexibility index (Phi) is 17.8. The van der Waals surface area contributed by atoms with Gasteiger partial charge in [-0.05, 0) is 12.8 Å². The van der Waals surface area contributed by atoms with Crippen LogP contribution < -0.4 is 5.11 Å². The summed E-state index contributed by atoms with van der Waals surface area (Å²) in [6, 6.07) is 0. The van der Waals surface area contributed by atoms with Crippen LogP contribution in [0.15, 0.2) is 0 Å². The molecule has 0 aliphatic rings. The molecule has 0 unspecified atom stereocenters. The van der Waals surface area contributed by atoms with Crippen molar-refractivity contribution in [2.24, 2.45) is 0 Å². The summed E-state index contributed by atoms with van der Waals surface area (Å²) >= 11 is 0. The van der Waals surface area contributed by atoms with Crippen LogP contribution in [0.1, 0.15) is 78.1 Å². The Hall–Kier alpha value is -0.0800. The van der Waals surface area contributed by atoms with E-state index in [2.05, 4.69) is 28.1 Å². The summed E-state index contributed by atoms with van der Waals surface area (Å²) in [4.78, 5) is 0. The highest BCUT2D eigenvalue weighted by Gasteiger charge is 2.04. The molecule has 0 aliphatic heterocycles. The van der Waals surface area contributed by atoms with Crippen LogP contribution in [0.3, 0.4) is 0 Å². The zero-order chi connectivity index (χ0) is 15.0.